The number of ether oxygens (including phenoxy) is 2. The van der Waals surface area contributed by atoms with Crippen molar-refractivity contribution >= 4 is 17.5 Å². The molecule has 0 fully saturated rings. The summed E-state index contributed by atoms with van der Waals surface area (Å²) in [7, 11) is 0. The minimum absolute atomic E-state index is 0.0240. The molecule has 3 aromatic rings. The molecule has 1 aromatic heterocycles. The summed E-state index contributed by atoms with van der Waals surface area (Å²) in [5.74, 6) is 0.0435. The van der Waals surface area contributed by atoms with E-state index in [4.69, 9.17) is 9.47 Å². The standard InChI is InChI=1S/C22H18FN3O4/c1-12-20-16(21(28)13-2-7-17-18(10-13)30-9-8-29-17)11-19(27)24-22(20)26(25-12)15-5-3-14(23)4-6-15/h2-7,10,16H,8-9,11H2,1H3,(H,24,27). The van der Waals surface area contributed by atoms with E-state index in [2.05, 4.69) is 10.4 Å². The van der Waals surface area contributed by atoms with Gasteiger partial charge in [-0.2, -0.15) is 5.10 Å². The van der Waals surface area contributed by atoms with Gasteiger partial charge in [-0.3, -0.25) is 9.59 Å². The smallest absolute Gasteiger partial charge is 0.226 e. The van der Waals surface area contributed by atoms with Gasteiger partial charge in [-0.25, -0.2) is 9.07 Å². The fourth-order valence-corrected chi connectivity index (χ4v) is 3.94. The first-order chi connectivity index (χ1) is 14.5. The van der Waals surface area contributed by atoms with Crippen LogP contribution >= 0.6 is 0 Å². The zero-order valence-corrected chi connectivity index (χ0v) is 16.1. The van der Waals surface area contributed by atoms with Gasteiger partial charge in [0.2, 0.25) is 5.91 Å². The number of anilines is 1. The molecule has 0 spiro atoms. The average molecular weight is 407 g/mol. The zero-order valence-electron chi connectivity index (χ0n) is 16.1. The molecular formula is C22H18FN3O4. The van der Waals surface area contributed by atoms with Crippen LogP contribution in [0.2, 0.25) is 0 Å². The molecule has 5 rings (SSSR count). The first-order valence-corrected chi connectivity index (χ1v) is 9.60. The number of aromatic nitrogens is 2. The molecule has 0 bridgehead atoms. The number of fused-ring (bicyclic) bond motifs is 2. The predicted molar refractivity (Wildman–Crippen MR) is 106 cm³/mol. The number of amides is 1. The van der Waals surface area contributed by atoms with Crippen LogP contribution in [0, 0.1) is 12.7 Å². The van der Waals surface area contributed by atoms with Crippen LogP contribution in [-0.4, -0.2) is 34.7 Å². The Bertz CT molecular complexity index is 1170. The molecule has 8 heteroatoms. The summed E-state index contributed by atoms with van der Waals surface area (Å²) in [4.78, 5) is 25.8. The highest BCUT2D eigenvalue weighted by Gasteiger charge is 2.36. The lowest BCUT2D eigenvalue weighted by molar-refractivity contribution is -0.116. The van der Waals surface area contributed by atoms with E-state index in [9.17, 15) is 14.0 Å². The molecule has 0 radical (unpaired) electrons. The summed E-state index contributed by atoms with van der Waals surface area (Å²) in [5.41, 5.74) is 2.33. The van der Waals surface area contributed by atoms with Crippen molar-refractivity contribution in [1.82, 2.24) is 9.78 Å². The van der Waals surface area contributed by atoms with Crippen molar-refractivity contribution in [3.8, 4) is 17.2 Å². The van der Waals surface area contributed by atoms with Crippen LogP contribution < -0.4 is 14.8 Å². The van der Waals surface area contributed by atoms with E-state index >= 15 is 0 Å². The van der Waals surface area contributed by atoms with Crippen molar-refractivity contribution in [2.45, 2.75) is 19.3 Å². The number of carbonyl (C=O) groups is 2. The lowest BCUT2D eigenvalue weighted by Crippen LogP contribution is -2.28. The van der Waals surface area contributed by atoms with Gasteiger partial charge in [0, 0.05) is 17.5 Å². The molecule has 1 atom stereocenters. The van der Waals surface area contributed by atoms with E-state index in [1.165, 1.54) is 16.8 Å². The van der Waals surface area contributed by atoms with Crippen LogP contribution in [-0.2, 0) is 4.79 Å². The Morgan fingerprint density at radius 1 is 1.13 bits per heavy atom. The first-order valence-electron chi connectivity index (χ1n) is 9.60. The van der Waals surface area contributed by atoms with Crippen molar-refractivity contribution in [1.29, 1.82) is 0 Å². The van der Waals surface area contributed by atoms with Gasteiger partial charge in [0.1, 0.15) is 24.8 Å². The highest BCUT2D eigenvalue weighted by molar-refractivity contribution is 6.08. The number of nitrogens with zero attached hydrogens (tertiary/aromatic N) is 2. The van der Waals surface area contributed by atoms with Crippen LogP contribution in [0.1, 0.15) is 34.0 Å². The van der Waals surface area contributed by atoms with Crippen molar-refractivity contribution in [2.24, 2.45) is 0 Å². The average Bonchev–Trinajstić information content (AvgIpc) is 3.09. The Morgan fingerprint density at radius 2 is 1.87 bits per heavy atom. The minimum Gasteiger partial charge on any atom is -0.486 e. The van der Waals surface area contributed by atoms with Gasteiger partial charge in [0.25, 0.3) is 0 Å². The minimum atomic E-state index is -0.675. The van der Waals surface area contributed by atoms with E-state index < -0.39 is 5.92 Å². The third kappa shape index (κ3) is 3.01. The number of halogens is 1. The molecule has 30 heavy (non-hydrogen) atoms. The number of hydrogen-bond donors (Lipinski definition) is 1. The number of rotatable bonds is 3. The monoisotopic (exact) mass is 407 g/mol. The Kier molecular flexibility index (Phi) is 4.27. The number of Topliss-reactive ketones (excluding diaryl/α,β-unsaturated/α-hetero) is 1. The Labute approximate surface area is 171 Å². The Balaban J connectivity index is 1.56. The maximum atomic E-state index is 13.4. The van der Waals surface area contributed by atoms with Crippen molar-refractivity contribution in [3.63, 3.8) is 0 Å². The van der Waals surface area contributed by atoms with Crippen LogP contribution in [0.15, 0.2) is 42.5 Å². The highest BCUT2D eigenvalue weighted by atomic mass is 19.1. The molecule has 3 heterocycles. The molecule has 0 saturated carbocycles. The third-order valence-electron chi connectivity index (χ3n) is 5.32. The molecular weight excluding hydrogens is 389 g/mol. The van der Waals surface area contributed by atoms with E-state index in [1.807, 2.05) is 0 Å². The number of carbonyl (C=O) groups excluding carboxylic acids is 2. The maximum absolute atomic E-state index is 13.4. The Hall–Kier alpha value is -3.68. The van der Waals surface area contributed by atoms with Crippen LogP contribution in [0.25, 0.3) is 5.69 Å². The quantitative estimate of drug-likeness (QED) is 0.673. The molecule has 7 nitrogen and oxygen atoms in total. The fraction of sp³-hybridized carbons (Fsp3) is 0.227. The van der Waals surface area contributed by atoms with Crippen LogP contribution in [0.4, 0.5) is 10.2 Å². The number of aryl methyl sites for hydroxylation is 1. The summed E-state index contributed by atoms with van der Waals surface area (Å²) in [6.07, 6.45) is 0.0240. The number of ketones is 1. The highest BCUT2D eigenvalue weighted by Crippen LogP contribution is 2.39. The summed E-state index contributed by atoms with van der Waals surface area (Å²) < 4.78 is 26.0. The van der Waals surface area contributed by atoms with Gasteiger partial charge in [-0.15, -0.1) is 0 Å². The number of nitrogens with one attached hydrogen (secondary N) is 1. The third-order valence-corrected chi connectivity index (χ3v) is 5.32. The summed E-state index contributed by atoms with van der Waals surface area (Å²) in [6.45, 7) is 2.68. The largest absolute Gasteiger partial charge is 0.486 e. The van der Waals surface area contributed by atoms with E-state index in [0.717, 1.165) is 0 Å². The second-order valence-electron chi connectivity index (χ2n) is 7.26. The molecule has 0 saturated heterocycles. The van der Waals surface area contributed by atoms with Gasteiger partial charge in [-0.05, 0) is 49.4 Å². The summed E-state index contributed by atoms with van der Waals surface area (Å²) in [6, 6.07) is 10.8. The molecule has 1 unspecified atom stereocenters. The van der Waals surface area contributed by atoms with Crippen LogP contribution in [0.3, 0.4) is 0 Å². The molecule has 1 amide bonds. The maximum Gasteiger partial charge on any atom is 0.226 e. The lowest BCUT2D eigenvalue weighted by atomic mass is 9.85. The van der Waals surface area contributed by atoms with Gasteiger partial charge >= 0.3 is 0 Å². The van der Waals surface area contributed by atoms with E-state index in [0.29, 0.717) is 53.0 Å². The molecule has 152 valence electrons. The zero-order chi connectivity index (χ0) is 20.8. The van der Waals surface area contributed by atoms with Crippen molar-refractivity contribution in [3.05, 3.63) is 65.1 Å². The molecule has 2 aliphatic heterocycles. The van der Waals surface area contributed by atoms with Crippen molar-refractivity contribution < 1.29 is 23.5 Å². The lowest BCUT2D eigenvalue weighted by Gasteiger charge is -2.24. The molecule has 0 aliphatic carbocycles. The number of hydrogen-bond acceptors (Lipinski definition) is 5. The van der Waals surface area contributed by atoms with Gasteiger partial charge in [0.15, 0.2) is 17.3 Å². The molecule has 2 aliphatic rings. The summed E-state index contributed by atoms with van der Waals surface area (Å²) >= 11 is 0. The first kappa shape index (κ1) is 18.4. The van der Waals surface area contributed by atoms with Gasteiger partial charge < -0.3 is 14.8 Å². The normalized spacial score (nSPS) is 17.3. The van der Waals surface area contributed by atoms with Crippen molar-refractivity contribution in [2.75, 3.05) is 18.5 Å². The predicted octanol–water partition coefficient (Wildman–Crippen LogP) is 3.40. The molecule has 1 N–H and O–H groups in total. The van der Waals surface area contributed by atoms with Gasteiger partial charge in [-0.1, -0.05) is 0 Å². The fourth-order valence-electron chi connectivity index (χ4n) is 3.94. The van der Waals surface area contributed by atoms with Crippen LogP contribution in [0.5, 0.6) is 11.5 Å². The second-order valence-corrected chi connectivity index (χ2v) is 7.26. The SMILES string of the molecule is Cc1nn(-c2ccc(F)cc2)c2c1C(C(=O)c1ccc3c(c1)OCCO3)CC(=O)N2. The summed E-state index contributed by atoms with van der Waals surface area (Å²) in [5, 5.41) is 7.33. The van der Waals surface area contributed by atoms with E-state index in [1.54, 1.807) is 37.3 Å². The van der Waals surface area contributed by atoms with Gasteiger partial charge in [0.05, 0.1) is 17.3 Å². The molecule has 2 aromatic carbocycles. The second kappa shape index (κ2) is 6.98. The topological polar surface area (TPSA) is 82.5 Å². The Morgan fingerprint density at radius 3 is 2.63 bits per heavy atom. The number of benzene rings is 2. The van der Waals surface area contributed by atoms with E-state index in [-0.39, 0.29) is 23.9 Å².